The predicted octanol–water partition coefficient (Wildman–Crippen LogP) is 3.67. The molecule has 1 fully saturated rings. The molecule has 0 saturated carbocycles. The largest absolute Gasteiger partial charge is 0.491 e. The lowest BCUT2D eigenvalue weighted by molar-refractivity contribution is 0.184. The molecule has 27 heavy (non-hydrogen) atoms. The van der Waals surface area contributed by atoms with Gasteiger partial charge in [-0.3, -0.25) is 4.90 Å². The zero-order chi connectivity index (χ0) is 18.6. The molecule has 5 nitrogen and oxygen atoms in total. The highest BCUT2D eigenvalue weighted by atomic mass is 32.2. The average Bonchev–Trinajstić information content (AvgIpc) is 3.12. The molecule has 2 aromatic rings. The molecular weight excluding hydrogens is 356 g/mol. The molecule has 0 bridgehead atoms. The summed E-state index contributed by atoms with van der Waals surface area (Å²) in [5.74, 6) is 3.65. The van der Waals surface area contributed by atoms with E-state index in [1.807, 2.05) is 11.8 Å². The van der Waals surface area contributed by atoms with Crippen LogP contribution in [0.5, 0.6) is 5.75 Å². The molecule has 1 saturated heterocycles. The summed E-state index contributed by atoms with van der Waals surface area (Å²) >= 11 is 2.02. The van der Waals surface area contributed by atoms with E-state index >= 15 is 0 Å². The van der Waals surface area contributed by atoms with Crippen molar-refractivity contribution in [3.05, 3.63) is 42.4 Å². The van der Waals surface area contributed by atoms with Crippen molar-refractivity contribution in [3.8, 4) is 5.75 Å². The molecule has 0 radical (unpaired) electrons. The molecular formula is C21H28N4OS. The van der Waals surface area contributed by atoms with E-state index in [1.54, 1.807) is 25.2 Å². The van der Waals surface area contributed by atoms with Gasteiger partial charge < -0.3 is 9.64 Å². The van der Waals surface area contributed by atoms with E-state index in [2.05, 4.69) is 51.0 Å². The Hall–Kier alpha value is -1.79. The summed E-state index contributed by atoms with van der Waals surface area (Å²) in [6, 6.07) is 9.44. The molecule has 6 heteroatoms. The number of anilines is 1. The third kappa shape index (κ3) is 4.06. The maximum atomic E-state index is 5.43. The van der Waals surface area contributed by atoms with Crippen LogP contribution >= 0.6 is 11.8 Å². The average molecular weight is 385 g/mol. The number of methoxy groups -OCH3 is 1. The minimum atomic E-state index is 0.517. The quantitative estimate of drug-likeness (QED) is 0.757. The smallest absolute Gasteiger partial charge is 0.179 e. The van der Waals surface area contributed by atoms with E-state index < -0.39 is 0 Å². The number of piperazine rings is 1. The highest BCUT2D eigenvalue weighted by Gasteiger charge is 2.27. The van der Waals surface area contributed by atoms with Gasteiger partial charge in [-0.05, 0) is 43.9 Å². The first-order valence-corrected chi connectivity index (χ1v) is 10.8. The summed E-state index contributed by atoms with van der Waals surface area (Å²) < 4.78 is 5.43. The number of aromatic nitrogens is 2. The number of thioether (sulfide) groups is 1. The van der Waals surface area contributed by atoms with Crippen molar-refractivity contribution in [1.29, 1.82) is 0 Å². The molecule has 2 atom stereocenters. The van der Waals surface area contributed by atoms with Gasteiger partial charge in [0.2, 0.25) is 0 Å². The summed E-state index contributed by atoms with van der Waals surface area (Å²) in [4.78, 5) is 14.9. The minimum Gasteiger partial charge on any atom is -0.491 e. The molecule has 2 aliphatic rings. The van der Waals surface area contributed by atoms with Crippen LogP contribution in [0, 0.1) is 0 Å². The molecule has 1 aromatic carbocycles. The van der Waals surface area contributed by atoms with Gasteiger partial charge in [0.15, 0.2) is 11.6 Å². The van der Waals surface area contributed by atoms with E-state index in [4.69, 9.17) is 4.74 Å². The van der Waals surface area contributed by atoms with Crippen LogP contribution in [0.2, 0.25) is 0 Å². The summed E-state index contributed by atoms with van der Waals surface area (Å²) in [6.07, 6.45) is 5.90. The van der Waals surface area contributed by atoms with Crippen LogP contribution < -0.4 is 9.64 Å². The SMILES string of the molecule is COc1cncnc1N1CCN(CCCC2CSc3ccccc32)C(C)C1. The second kappa shape index (κ2) is 8.48. The van der Waals surface area contributed by atoms with E-state index in [1.165, 1.54) is 30.0 Å². The highest BCUT2D eigenvalue weighted by Crippen LogP contribution is 2.41. The van der Waals surface area contributed by atoms with Crippen molar-refractivity contribution < 1.29 is 4.74 Å². The van der Waals surface area contributed by atoms with E-state index in [0.29, 0.717) is 6.04 Å². The van der Waals surface area contributed by atoms with Gasteiger partial charge in [0.25, 0.3) is 0 Å². The lowest BCUT2D eigenvalue weighted by Crippen LogP contribution is -2.52. The summed E-state index contributed by atoms with van der Waals surface area (Å²) in [5.41, 5.74) is 1.57. The Balaban J connectivity index is 1.28. The summed E-state index contributed by atoms with van der Waals surface area (Å²) in [6.45, 7) is 6.54. The van der Waals surface area contributed by atoms with E-state index in [9.17, 15) is 0 Å². The van der Waals surface area contributed by atoms with Gasteiger partial charge in [0, 0.05) is 36.3 Å². The second-order valence-corrected chi connectivity index (χ2v) is 8.50. The lowest BCUT2D eigenvalue weighted by Gasteiger charge is -2.40. The number of hydrogen-bond acceptors (Lipinski definition) is 6. The maximum absolute atomic E-state index is 5.43. The van der Waals surface area contributed by atoms with Gasteiger partial charge in [-0.15, -0.1) is 11.8 Å². The second-order valence-electron chi connectivity index (χ2n) is 7.43. The van der Waals surface area contributed by atoms with Crippen molar-refractivity contribution >= 4 is 17.6 Å². The topological polar surface area (TPSA) is 41.5 Å². The third-order valence-corrected chi connectivity index (χ3v) is 6.99. The Labute approximate surface area is 166 Å². The van der Waals surface area contributed by atoms with Crippen LogP contribution in [0.15, 0.2) is 41.7 Å². The fourth-order valence-electron chi connectivity index (χ4n) is 4.22. The molecule has 0 spiro atoms. The lowest BCUT2D eigenvalue weighted by atomic mass is 9.96. The number of rotatable bonds is 6. The first-order valence-electron chi connectivity index (χ1n) is 9.81. The van der Waals surface area contributed by atoms with Crippen LogP contribution in [-0.4, -0.2) is 60.0 Å². The highest BCUT2D eigenvalue weighted by molar-refractivity contribution is 7.99. The Morgan fingerprint density at radius 2 is 2.15 bits per heavy atom. The van der Waals surface area contributed by atoms with Crippen LogP contribution in [-0.2, 0) is 0 Å². The number of benzene rings is 1. The van der Waals surface area contributed by atoms with E-state index in [-0.39, 0.29) is 0 Å². The van der Waals surface area contributed by atoms with E-state index in [0.717, 1.165) is 37.1 Å². The van der Waals surface area contributed by atoms with Gasteiger partial charge in [-0.2, -0.15) is 0 Å². The Kier molecular flexibility index (Phi) is 5.83. The molecule has 4 rings (SSSR count). The molecule has 0 N–H and O–H groups in total. The van der Waals surface area contributed by atoms with Gasteiger partial charge in [0.05, 0.1) is 13.3 Å². The van der Waals surface area contributed by atoms with Crippen LogP contribution in [0.3, 0.4) is 0 Å². The van der Waals surface area contributed by atoms with Crippen molar-refractivity contribution in [1.82, 2.24) is 14.9 Å². The number of hydrogen-bond donors (Lipinski definition) is 0. The van der Waals surface area contributed by atoms with Crippen molar-refractivity contribution in [2.45, 2.75) is 36.6 Å². The molecule has 1 aromatic heterocycles. The Morgan fingerprint density at radius 1 is 1.26 bits per heavy atom. The predicted molar refractivity (Wildman–Crippen MR) is 111 cm³/mol. The Morgan fingerprint density at radius 3 is 3.00 bits per heavy atom. The monoisotopic (exact) mass is 384 g/mol. The van der Waals surface area contributed by atoms with Gasteiger partial charge in [-0.25, -0.2) is 9.97 Å². The summed E-state index contributed by atoms with van der Waals surface area (Å²) in [7, 11) is 1.68. The molecule has 2 unspecified atom stereocenters. The maximum Gasteiger partial charge on any atom is 0.179 e. The van der Waals surface area contributed by atoms with Crippen LogP contribution in [0.1, 0.15) is 31.2 Å². The Bertz CT molecular complexity index is 771. The summed E-state index contributed by atoms with van der Waals surface area (Å²) in [5, 5.41) is 0. The van der Waals surface area contributed by atoms with Gasteiger partial charge in [0.1, 0.15) is 6.33 Å². The van der Waals surface area contributed by atoms with Gasteiger partial charge in [-0.1, -0.05) is 18.2 Å². The standard InChI is InChI=1S/C21H28N4OS/c1-16-13-25(21-19(26-2)12-22-15-23-21)11-10-24(16)9-5-6-17-14-27-20-8-4-3-7-18(17)20/h3-4,7-8,12,15-17H,5-6,9-11,13-14H2,1-2H3. The number of fused-ring (bicyclic) bond motifs is 1. The first kappa shape index (κ1) is 18.6. The van der Waals surface area contributed by atoms with Crippen molar-refractivity contribution in [2.24, 2.45) is 0 Å². The zero-order valence-electron chi connectivity index (χ0n) is 16.2. The third-order valence-electron chi connectivity index (χ3n) is 5.74. The number of nitrogens with zero attached hydrogens (tertiary/aromatic N) is 4. The fourth-order valence-corrected chi connectivity index (χ4v) is 5.52. The van der Waals surface area contributed by atoms with Crippen molar-refractivity contribution in [3.63, 3.8) is 0 Å². The minimum absolute atomic E-state index is 0.517. The molecule has 3 heterocycles. The normalized spacial score (nSPS) is 22.7. The molecule has 144 valence electrons. The molecule has 2 aliphatic heterocycles. The molecule has 0 aliphatic carbocycles. The van der Waals surface area contributed by atoms with Gasteiger partial charge >= 0.3 is 0 Å². The van der Waals surface area contributed by atoms with Crippen LogP contribution in [0.4, 0.5) is 5.82 Å². The fraction of sp³-hybridized carbons (Fsp3) is 0.524. The molecule has 0 amide bonds. The van der Waals surface area contributed by atoms with Crippen molar-refractivity contribution in [2.75, 3.05) is 43.9 Å². The first-order chi connectivity index (χ1) is 13.3. The zero-order valence-corrected chi connectivity index (χ0v) is 17.0. The van der Waals surface area contributed by atoms with Crippen LogP contribution in [0.25, 0.3) is 0 Å². The number of ether oxygens (including phenoxy) is 1.